The lowest BCUT2D eigenvalue weighted by Gasteiger charge is -2.06. The first-order valence-corrected chi connectivity index (χ1v) is 8.67. The lowest BCUT2D eigenvalue weighted by Crippen LogP contribution is -2.25. The van der Waals surface area contributed by atoms with Gasteiger partial charge >= 0.3 is 0 Å². The van der Waals surface area contributed by atoms with E-state index in [0.29, 0.717) is 10.1 Å². The highest BCUT2D eigenvalue weighted by Crippen LogP contribution is 2.29. The lowest BCUT2D eigenvalue weighted by molar-refractivity contribution is 0.102. The van der Waals surface area contributed by atoms with Gasteiger partial charge in [0, 0.05) is 22.7 Å². The molecule has 3 aromatic rings. The fourth-order valence-corrected chi connectivity index (χ4v) is 4.27. The minimum Gasteiger partial charge on any atom is -0.298 e. The molecule has 0 unspecified atom stereocenters. The van der Waals surface area contributed by atoms with E-state index < -0.39 is 5.91 Å². The Bertz CT molecular complexity index is 901. The Hall–Kier alpha value is -2.06. The van der Waals surface area contributed by atoms with E-state index in [1.54, 1.807) is 11.6 Å². The molecule has 1 aliphatic rings. The van der Waals surface area contributed by atoms with E-state index in [9.17, 15) is 9.59 Å². The summed E-state index contributed by atoms with van der Waals surface area (Å²) in [5, 5.41) is 5.06. The first-order chi connectivity index (χ1) is 10.7. The van der Waals surface area contributed by atoms with Crippen LogP contribution in [-0.4, -0.2) is 20.3 Å². The number of thiazole rings is 2. The third kappa shape index (κ3) is 2.24. The monoisotopic (exact) mass is 332 g/mol. The second kappa shape index (κ2) is 5.29. The zero-order chi connectivity index (χ0) is 15.1. The summed E-state index contributed by atoms with van der Waals surface area (Å²) in [5.41, 5.74) is 0.754. The van der Waals surface area contributed by atoms with E-state index in [1.807, 2.05) is 0 Å². The van der Waals surface area contributed by atoms with Crippen molar-refractivity contribution in [1.29, 1.82) is 0 Å². The molecular weight excluding hydrogens is 320 g/mol. The third-order valence-corrected chi connectivity index (χ3v) is 5.50. The average molecular weight is 332 g/mol. The molecule has 1 aliphatic carbocycles. The van der Waals surface area contributed by atoms with Gasteiger partial charge in [-0.3, -0.25) is 19.3 Å². The number of amides is 1. The summed E-state index contributed by atoms with van der Waals surface area (Å²) in [5.74, 6) is -0.454. The molecule has 1 amide bonds. The largest absolute Gasteiger partial charge is 0.298 e. The van der Waals surface area contributed by atoms with Gasteiger partial charge in [0.1, 0.15) is 5.56 Å². The van der Waals surface area contributed by atoms with E-state index in [0.717, 1.165) is 25.0 Å². The zero-order valence-electron chi connectivity index (χ0n) is 11.5. The number of hydrogen-bond donors (Lipinski definition) is 1. The van der Waals surface area contributed by atoms with Gasteiger partial charge in [0.2, 0.25) is 0 Å². The van der Waals surface area contributed by atoms with E-state index in [2.05, 4.69) is 15.3 Å². The molecule has 0 atom stereocenters. The summed E-state index contributed by atoms with van der Waals surface area (Å²) in [7, 11) is 0. The molecule has 112 valence electrons. The Balaban J connectivity index is 1.64. The molecule has 0 aromatic carbocycles. The van der Waals surface area contributed by atoms with Crippen LogP contribution in [0.3, 0.4) is 0 Å². The molecule has 3 heterocycles. The van der Waals surface area contributed by atoms with Crippen molar-refractivity contribution in [2.45, 2.75) is 25.7 Å². The molecule has 0 saturated carbocycles. The van der Waals surface area contributed by atoms with Crippen LogP contribution in [0, 0.1) is 0 Å². The van der Waals surface area contributed by atoms with Crippen molar-refractivity contribution in [3.8, 4) is 0 Å². The second-order valence-electron chi connectivity index (χ2n) is 5.08. The Morgan fingerprint density at radius 1 is 1.32 bits per heavy atom. The van der Waals surface area contributed by atoms with Crippen molar-refractivity contribution < 1.29 is 4.79 Å². The SMILES string of the molecule is O=C(Nc1nc2c(s1)CCCC2)c1cnc2sccn2c1=O. The van der Waals surface area contributed by atoms with E-state index in [1.165, 1.54) is 44.6 Å². The third-order valence-electron chi connectivity index (χ3n) is 3.65. The number of carbonyl (C=O) groups is 1. The minimum absolute atomic E-state index is 0.0315. The molecule has 22 heavy (non-hydrogen) atoms. The molecule has 4 rings (SSSR count). The van der Waals surface area contributed by atoms with Crippen LogP contribution < -0.4 is 10.9 Å². The maximum absolute atomic E-state index is 12.3. The summed E-state index contributed by atoms with van der Waals surface area (Å²) in [6.45, 7) is 0. The smallest absolute Gasteiger partial charge is 0.271 e. The van der Waals surface area contributed by atoms with Crippen molar-refractivity contribution in [3.63, 3.8) is 0 Å². The summed E-state index contributed by atoms with van der Waals surface area (Å²) < 4.78 is 1.38. The highest BCUT2D eigenvalue weighted by atomic mass is 32.1. The van der Waals surface area contributed by atoms with E-state index in [4.69, 9.17) is 0 Å². The quantitative estimate of drug-likeness (QED) is 0.781. The summed E-state index contributed by atoms with van der Waals surface area (Å²) >= 11 is 2.85. The molecule has 6 nitrogen and oxygen atoms in total. The van der Waals surface area contributed by atoms with Crippen molar-refractivity contribution in [3.05, 3.63) is 44.3 Å². The van der Waals surface area contributed by atoms with Gasteiger partial charge in [0.25, 0.3) is 11.5 Å². The maximum Gasteiger partial charge on any atom is 0.271 e. The van der Waals surface area contributed by atoms with Gasteiger partial charge in [0.05, 0.1) is 5.69 Å². The highest BCUT2D eigenvalue weighted by Gasteiger charge is 2.19. The Morgan fingerprint density at radius 3 is 3.05 bits per heavy atom. The van der Waals surface area contributed by atoms with Gasteiger partial charge in [-0.2, -0.15) is 0 Å². The highest BCUT2D eigenvalue weighted by molar-refractivity contribution is 7.16. The van der Waals surface area contributed by atoms with Crippen LogP contribution in [0.4, 0.5) is 5.13 Å². The molecule has 1 N–H and O–H groups in total. The average Bonchev–Trinajstić information content (AvgIpc) is 3.13. The fraction of sp³-hybridized carbons (Fsp3) is 0.286. The summed E-state index contributed by atoms with van der Waals surface area (Å²) in [6, 6.07) is 0. The zero-order valence-corrected chi connectivity index (χ0v) is 13.2. The Morgan fingerprint density at radius 2 is 2.18 bits per heavy atom. The minimum atomic E-state index is -0.454. The molecule has 8 heteroatoms. The predicted octanol–water partition coefficient (Wildman–Crippen LogP) is 2.34. The lowest BCUT2D eigenvalue weighted by atomic mass is 10.0. The summed E-state index contributed by atoms with van der Waals surface area (Å²) in [4.78, 5) is 35.0. The maximum atomic E-state index is 12.3. The van der Waals surface area contributed by atoms with Crippen LogP contribution in [0.15, 0.2) is 22.6 Å². The number of carbonyl (C=O) groups excluding carboxylic acids is 1. The van der Waals surface area contributed by atoms with Crippen molar-refractivity contribution >= 4 is 38.7 Å². The van der Waals surface area contributed by atoms with E-state index >= 15 is 0 Å². The molecule has 0 bridgehead atoms. The number of anilines is 1. The van der Waals surface area contributed by atoms with Gasteiger partial charge < -0.3 is 0 Å². The summed E-state index contributed by atoms with van der Waals surface area (Å²) in [6.07, 6.45) is 7.25. The van der Waals surface area contributed by atoms with Crippen LogP contribution in [0.1, 0.15) is 33.8 Å². The van der Waals surface area contributed by atoms with Crippen LogP contribution >= 0.6 is 22.7 Å². The van der Waals surface area contributed by atoms with Gasteiger partial charge in [-0.1, -0.05) is 0 Å². The molecule has 0 aliphatic heterocycles. The number of nitrogens with zero attached hydrogens (tertiary/aromatic N) is 3. The topological polar surface area (TPSA) is 76.4 Å². The number of nitrogens with one attached hydrogen (secondary N) is 1. The molecular formula is C14H12N4O2S2. The molecule has 0 saturated heterocycles. The van der Waals surface area contributed by atoms with Crippen LogP contribution in [0.5, 0.6) is 0 Å². The van der Waals surface area contributed by atoms with Gasteiger partial charge in [0.15, 0.2) is 10.1 Å². The normalized spacial score (nSPS) is 14.0. The van der Waals surface area contributed by atoms with Gasteiger partial charge in [-0.15, -0.1) is 22.7 Å². The van der Waals surface area contributed by atoms with Gasteiger partial charge in [-0.25, -0.2) is 9.97 Å². The number of rotatable bonds is 2. The van der Waals surface area contributed by atoms with Crippen molar-refractivity contribution in [2.24, 2.45) is 0 Å². The first kappa shape index (κ1) is 13.6. The molecule has 0 spiro atoms. The molecule has 3 aromatic heterocycles. The van der Waals surface area contributed by atoms with Crippen LogP contribution in [0.2, 0.25) is 0 Å². The van der Waals surface area contributed by atoms with Crippen molar-refractivity contribution in [1.82, 2.24) is 14.4 Å². The molecule has 0 radical (unpaired) electrons. The second-order valence-corrected chi connectivity index (χ2v) is 7.04. The van der Waals surface area contributed by atoms with Crippen LogP contribution in [0.25, 0.3) is 4.96 Å². The standard InChI is InChI=1S/C14H12N4O2S2/c19-11(8-7-15-14-18(12(8)20)5-6-21-14)17-13-16-9-3-1-2-4-10(9)22-13/h5-7H,1-4H2,(H,16,17,19). The first-order valence-electron chi connectivity index (χ1n) is 6.97. The Kier molecular flexibility index (Phi) is 3.27. The van der Waals surface area contributed by atoms with E-state index in [-0.39, 0.29) is 11.1 Å². The molecule has 0 fully saturated rings. The van der Waals surface area contributed by atoms with Crippen LogP contribution in [-0.2, 0) is 12.8 Å². The number of aromatic nitrogens is 3. The Labute approximate surface area is 133 Å². The number of hydrogen-bond acceptors (Lipinski definition) is 6. The van der Waals surface area contributed by atoms with Crippen molar-refractivity contribution in [2.75, 3.05) is 5.32 Å². The fourth-order valence-electron chi connectivity index (χ4n) is 2.55. The number of fused-ring (bicyclic) bond motifs is 2. The predicted molar refractivity (Wildman–Crippen MR) is 86.0 cm³/mol. The van der Waals surface area contributed by atoms with Gasteiger partial charge in [-0.05, 0) is 25.7 Å². The number of aryl methyl sites for hydroxylation is 2.